The molecule has 0 aliphatic heterocycles. The molecule has 0 fully saturated rings. The average molecular weight is 398 g/mol. The Bertz CT molecular complexity index is 1030. The molecule has 0 spiro atoms. The quantitative estimate of drug-likeness (QED) is 0.607. The van der Waals surface area contributed by atoms with Crippen molar-refractivity contribution in [3.05, 3.63) is 63.3 Å². The van der Waals surface area contributed by atoms with E-state index in [1.165, 1.54) is 7.11 Å². The molecule has 4 rings (SSSR count). The number of Topliss-reactive ketones (excluding diaryl/α,β-unsaturated/α-hetero) is 1. The molecule has 1 aliphatic rings. The van der Waals surface area contributed by atoms with Crippen LogP contribution < -0.4 is 4.74 Å². The van der Waals surface area contributed by atoms with E-state index in [1.807, 2.05) is 18.2 Å². The van der Waals surface area contributed by atoms with Gasteiger partial charge in [-0.2, -0.15) is 0 Å². The normalized spacial score (nSPS) is 15.6. The first-order valence-corrected chi connectivity index (χ1v) is 8.78. The number of allylic oxidation sites excluding steroid dienone is 1. The summed E-state index contributed by atoms with van der Waals surface area (Å²) in [6, 6.07) is 11.1. The van der Waals surface area contributed by atoms with E-state index in [0.29, 0.717) is 17.9 Å². The monoisotopic (exact) mass is 397 g/mol. The number of hydrogen-bond acceptors (Lipinski definition) is 3. The second-order valence-electron chi connectivity index (χ2n) is 6.10. The number of aryl methyl sites for hydroxylation is 1. The van der Waals surface area contributed by atoms with Gasteiger partial charge in [0.1, 0.15) is 0 Å². The average Bonchev–Trinajstić information content (AvgIpc) is 2.97. The molecule has 0 saturated carbocycles. The molecule has 2 aromatic carbocycles. The zero-order valence-electron chi connectivity index (χ0n) is 13.6. The molecule has 0 unspecified atom stereocenters. The number of methoxy groups -OCH3 is 1. The molecule has 0 saturated heterocycles. The molecule has 25 heavy (non-hydrogen) atoms. The molecule has 1 aromatic heterocycles. The van der Waals surface area contributed by atoms with Gasteiger partial charge in [0.05, 0.1) is 12.8 Å². The first-order chi connectivity index (χ1) is 12.1. The van der Waals surface area contributed by atoms with E-state index in [4.69, 9.17) is 4.74 Å². The van der Waals surface area contributed by atoms with E-state index in [0.717, 1.165) is 38.5 Å². The number of benzene rings is 2. The molecule has 4 nitrogen and oxygen atoms in total. The van der Waals surface area contributed by atoms with Crippen molar-refractivity contribution in [1.82, 2.24) is 4.98 Å². The number of ketones is 1. The van der Waals surface area contributed by atoms with Gasteiger partial charge in [-0.25, -0.2) is 0 Å². The number of fused-ring (bicyclic) bond motifs is 3. The third-order valence-electron chi connectivity index (χ3n) is 4.58. The first kappa shape index (κ1) is 16.0. The highest BCUT2D eigenvalue weighted by molar-refractivity contribution is 9.10. The lowest BCUT2D eigenvalue weighted by molar-refractivity contribution is 0.102. The summed E-state index contributed by atoms with van der Waals surface area (Å²) < 4.78 is 6.14. The van der Waals surface area contributed by atoms with Crippen LogP contribution >= 0.6 is 15.9 Å². The van der Waals surface area contributed by atoms with E-state index in [-0.39, 0.29) is 11.5 Å². The minimum atomic E-state index is 0.0283. The van der Waals surface area contributed by atoms with Crippen LogP contribution in [0, 0.1) is 0 Å². The van der Waals surface area contributed by atoms with Crippen molar-refractivity contribution in [3.63, 3.8) is 0 Å². The maximum atomic E-state index is 12.9. The van der Waals surface area contributed by atoms with Crippen LogP contribution in [0.15, 0.2) is 46.4 Å². The lowest BCUT2D eigenvalue weighted by Gasteiger charge is -2.14. The number of rotatable bonds is 2. The summed E-state index contributed by atoms with van der Waals surface area (Å²) in [5.74, 6) is 0.512. The fourth-order valence-electron chi connectivity index (χ4n) is 3.33. The first-order valence-electron chi connectivity index (χ1n) is 7.99. The van der Waals surface area contributed by atoms with Crippen LogP contribution in [-0.2, 0) is 6.42 Å². The van der Waals surface area contributed by atoms with E-state index >= 15 is 0 Å². The molecular weight excluding hydrogens is 382 g/mol. The Labute approximate surface area is 153 Å². The fourth-order valence-corrected chi connectivity index (χ4v) is 3.69. The summed E-state index contributed by atoms with van der Waals surface area (Å²) in [5.41, 5.74) is 4.33. The number of ether oxygens (including phenoxy) is 1. The Hall–Kier alpha value is -2.53. The van der Waals surface area contributed by atoms with Crippen molar-refractivity contribution in [2.45, 2.75) is 12.8 Å². The van der Waals surface area contributed by atoms with Gasteiger partial charge >= 0.3 is 0 Å². The Morgan fingerprint density at radius 2 is 2.04 bits per heavy atom. The molecule has 2 N–H and O–H groups in total. The van der Waals surface area contributed by atoms with Gasteiger partial charge in [0.15, 0.2) is 11.5 Å². The van der Waals surface area contributed by atoms with Crippen LogP contribution in [0.25, 0.3) is 17.0 Å². The summed E-state index contributed by atoms with van der Waals surface area (Å²) in [7, 11) is 1.51. The van der Waals surface area contributed by atoms with Crippen molar-refractivity contribution < 1.29 is 14.6 Å². The summed E-state index contributed by atoms with van der Waals surface area (Å²) in [6.45, 7) is 0. The molecule has 126 valence electrons. The second-order valence-corrected chi connectivity index (χ2v) is 7.01. The van der Waals surface area contributed by atoms with Crippen LogP contribution in [0.2, 0.25) is 0 Å². The van der Waals surface area contributed by atoms with Crippen molar-refractivity contribution in [1.29, 1.82) is 0 Å². The maximum Gasteiger partial charge on any atom is 0.205 e. The number of hydrogen-bond donors (Lipinski definition) is 2. The van der Waals surface area contributed by atoms with Crippen LogP contribution in [0.1, 0.15) is 28.0 Å². The number of nitrogens with one attached hydrogen (secondary N) is 1. The Balaban J connectivity index is 1.75. The molecule has 0 radical (unpaired) electrons. The maximum absolute atomic E-state index is 12.9. The minimum absolute atomic E-state index is 0.0283. The fraction of sp³-hybridized carbons (Fsp3) is 0.150. The van der Waals surface area contributed by atoms with E-state index in [1.54, 1.807) is 18.2 Å². The molecular formula is C20H16BrNO3. The van der Waals surface area contributed by atoms with Gasteiger partial charge in [-0.05, 0) is 60.4 Å². The zero-order chi connectivity index (χ0) is 17.6. The number of phenolic OH excluding ortho intramolecular Hbond substituents is 1. The molecule has 0 amide bonds. The van der Waals surface area contributed by atoms with Crippen molar-refractivity contribution in [3.8, 4) is 11.5 Å². The van der Waals surface area contributed by atoms with Crippen LogP contribution in [0.3, 0.4) is 0 Å². The van der Waals surface area contributed by atoms with E-state index in [2.05, 4.69) is 27.0 Å². The highest BCUT2D eigenvalue weighted by atomic mass is 79.9. The summed E-state index contributed by atoms with van der Waals surface area (Å²) >= 11 is 3.49. The molecule has 0 atom stereocenters. The second kappa shape index (κ2) is 6.08. The van der Waals surface area contributed by atoms with Gasteiger partial charge in [-0.3, -0.25) is 4.79 Å². The predicted molar refractivity (Wildman–Crippen MR) is 101 cm³/mol. The lowest BCUT2D eigenvalue weighted by Crippen LogP contribution is -2.13. The number of halogens is 1. The number of aromatic amines is 1. The number of phenols is 1. The van der Waals surface area contributed by atoms with Gasteiger partial charge in [-0.1, -0.05) is 22.0 Å². The molecule has 1 heterocycles. The summed E-state index contributed by atoms with van der Waals surface area (Å²) in [4.78, 5) is 16.2. The Morgan fingerprint density at radius 1 is 1.20 bits per heavy atom. The van der Waals surface area contributed by atoms with Crippen molar-refractivity contribution >= 4 is 38.7 Å². The van der Waals surface area contributed by atoms with Gasteiger partial charge in [-0.15, -0.1) is 0 Å². The standard InChI is InChI=1S/C20H16BrNO3/c1-25-18-9-11(2-7-17(18)23)8-12-3-5-14-15-10-13(21)4-6-16(15)22-19(14)20(12)24/h2,4,6-10,22-23H,3,5H2,1H3/b12-8+. The van der Waals surface area contributed by atoms with E-state index in [9.17, 15) is 9.90 Å². The largest absolute Gasteiger partial charge is 0.504 e. The molecule has 0 bridgehead atoms. The number of carbonyl (C=O) groups excluding carboxylic acids is 1. The topological polar surface area (TPSA) is 62.3 Å². The third kappa shape index (κ3) is 2.74. The van der Waals surface area contributed by atoms with Gasteiger partial charge in [0.2, 0.25) is 5.78 Å². The van der Waals surface area contributed by atoms with Crippen LogP contribution in [-0.4, -0.2) is 23.0 Å². The Kier molecular flexibility index (Phi) is 3.88. The SMILES string of the molecule is COc1cc(/C=C2\CCc3c([nH]c4ccc(Br)cc34)C2=O)ccc1O. The van der Waals surface area contributed by atoms with Gasteiger partial charge in [0.25, 0.3) is 0 Å². The van der Waals surface area contributed by atoms with Gasteiger partial charge in [0, 0.05) is 20.9 Å². The summed E-state index contributed by atoms with van der Waals surface area (Å²) in [6.07, 6.45) is 3.38. The molecule has 5 heteroatoms. The third-order valence-corrected chi connectivity index (χ3v) is 5.07. The van der Waals surface area contributed by atoms with Crippen molar-refractivity contribution in [2.75, 3.05) is 7.11 Å². The Morgan fingerprint density at radius 3 is 2.84 bits per heavy atom. The highest BCUT2D eigenvalue weighted by Crippen LogP contribution is 2.34. The molecule has 1 aliphatic carbocycles. The number of aromatic nitrogens is 1. The van der Waals surface area contributed by atoms with Crippen LogP contribution in [0.5, 0.6) is 11.5 Å². The zero-order valence-corrected chi connectivity index (χ0v) is 15.2. The highest BCUT2D eigenvalue weighted by Gasteiger charge is 2.26. The lowest BCUT2D eigenvalue weighted by atomic mass is 9.89. The molecule has 3 aromatic rings. The number of aromatic hydroxyl groups is 1. The predicted octanol–water partition coefficient (Wildman–Crippen LogP) is 4.86. The smallest absolute Gasteiger partial charge is 0.205 e. The van der Waals surface area contributed by atoms with Crippen molar-refractivity contribution in [2.24, 2.45) is 0 Å². The minimum Gasteiger partial charge on any atom is -0.504 e. The number of H-pyrrole nitrogens is 1. The van der Waals surface area contributed by atoms with Gasteiger partial charge < -0.3 is 14.8 Å². The van der Waals surface area contributed by atoms with E-state index < -0.39 is 0 Å². The van der Waals surface area contributed by atoms with Crippen LogP contribution in [0.4, 0.5) is 0 Å². The number of carbonyl (C=O) groups is 1. The summed E-state index contributed by atoms with van der Waals surface area (Å²) in [5, 5.41) is 10.8.